The molecule has 1 aliphatic rings. The molecule has 0 aliphatic carbocycles. The van der Waals surface area contributed by atoms with Crippen molar-refractivity contribution < 1.29 is 9.63 Å². The first kappa shape index (κ1) is 14.5. The van der Waals surface area contributed by atoms with Crippen LogP contribution in [-0.2, 0) is 9.63 Å². The summed E-state index contributed by atoms with van der Waals surface area (Å²) in [6.07, 6.45) is 0. The maximum Gasteiger partial charge on any atom is 0.263 e. The zero-order valence-corrected chi connectivity index (χ0v) is 12.1. The molecule has 1 aliphatic heterocycles. The minimum atomic E-state index is 0.00251. The molecule has 20 heavy (non-hydrogen) atoms. The SMILES string of the molecule is C/C(=N\OCC(=O)N1CCN(C)CC1)c1ccccc1. The molecule has 5 heteroatoms. The standard InChI is InChI=1S/C15H21N3O2/c1-13(14-6-4-3-5-7-14)16-20-12-15(19)18-10-8-17(2)9-11-18/h3-7H,8-12H2,1-2H3/b16-13+. The van der Waals surface area contributed by atoms with Gasteiger partial charge in [-0.05, 0) is 19.5 Å². The van der Waals surface area contributed by atoms with Crippen molar-refractivity contribution in [1.82, 2.24) is 9.80 Å². The summed E-state index contributed by atoms with van der Waals surface area (Å²) in [4.78, 5) is 21.1. The fourth-order valence-corrected chi connectivity index (χ4v) is 2.06. The van der Waals surface area contributed by atoms with Crippen LogP contribution in [0, 0.1) is 0 Å². The van der Waals surface area contributed by atoms with Gasteiger partial charge < -0.3 is 14.6 Å². The lowest BCUT2D eigenvalue weighted by atomic mass is 10.1. The molecule has 0 spiro atoms. The number of carbonyl (C=O) groups excluding carboxylic acids is 1. The van der Waals surface area contributed by atoms with E-state index in [2.05, 4.69) is 17.1 Å². The highest BCUT2D eigenvalue weighted by Gasteiger charge is 2.19. The summed E-state index contributed by atoms with van der Waals surface area (Å²) >= 11 is 0. The normalized spacial score (nSPS) is 17.1. The molecule has 1 fully saturated rings. The molecule has 1 aromatic carbocycles. The van der Waals surface area contributed by atoms with Gasteiger partial charge in [-0.3, -0.25) is 4.79 Å². The lowest BCUT2D eigenvalue weighted by molar-refractivity contribution is -0.137. The van der Waals surface area contributed by atoms with E-state index in [1.165, 1.54) is 0 Å². The van der Waals surface area contributed by atoms with Gasteiger partial charge in [0.2, 0.25) is 0 Å². The van der Waals surface area contributed by atoms with Crippen LogP contribution in [0.25, 0.3) is 0 Å². The molecular formula is C15H21N3O2. The Morgan fingerprint density at radius 1 is 1.20 bits per heavy atom. The number of carbonyl (C=O) groups is 1. The van der Waals surface area contributed by atoms with Crippen molar-refractivity contribution in [3.05, 3.63) is 35.9 Å². The zero-order valence-electron chi connectivity index (χ0n) is 12.1. The molecule has 5 nitrogen and oxygen atoms in total. The Kier molecular flexibility index (Phi) is 5.12. The molecule has 108 valence electrons. The molecule has 1 amide bonds. The van der Waals surface area contributed by atoms with Gasteiger partial charge in [0.25, 0.3) is 5.91 Å². The maximum absolute atomic E-state index is 11.9. The Labute approximate surface area is 119 Å². The monoisotopic (exact) mass is 275 g/mol. The van der Waals surface area contributed by atoms with E-state index in [-0.39, 0.29) is 12.5 Å². The molecule has 0 bridgehead atoms. The molecule has 1 aromatic rings. The highest BCUT2D eigenvalue weighted by atomic mass is 16.6. The van der Waals surface area contributed by atoms with Gasteiger partial charge in [-0.25, -0.2) is 0 Å². The van der Waals surface area contributed by atoms with Crippen molar-refractivity contribution in [3.63, 3.8) is 0 Å². The molecule has 0 N–H and O–H groups in total. The Morgan fingerprint density at radius 3 is 2.50 bits per heavy atom. The van der Waals surface area contributed by atoms with Crippen LogP contribution >= 0.6 is 0 Å². The summed E-state index contributed by atoms with van der Waals surface area (Å²) in [7, 11) is 2.06. The van der Waals surface area contributed by atoms with E-state index in [9.17, 15) is 4.79 Å². The third-order valence-electron chi connectivity index (χ3n) is 3.44. The molecule has 0 atom stereocenters. The van der Waals surface area contributed by atoms with Crippen molar-refractivity contribution in [2.75, 3.05) is 39.8 Å². The minimum Gasteiger partial charge on any atom is -0.385 e. The first-order valence-corrected chi connectivity index (χ1v) is 6.85. The Hall–Kier alpha value is -1.88. The number of piperazine rings is 1. The smallest absolute Gasteiger partial charge is 0.263 e. The quantitative estimate of drug-likeness (QED) is 0.613. The summed E-state index contributed by atoms with van der Waals surface area (Å²) < 4.78 is 0. The first-order valence-electron chi connectivity index (χ1n) is 6.85. The largest absolute Gasteiger partial charge is 0.385 e. The predicted octanol–water partition coefficient (Wildman–Crippen LogP) is 1.20. The summed E-state index contributed by atoms with van der Waals surface area (Å²) in [5, 5.41) is 4.00. The highest BCUT2D eigenvalue weighted by molar-refractivity contribution is 5.98. The van der Waals surface area contributed by atoms with Gasteiger partial charge in [0.1, 0.15) is 0 Å². The molecule has 0 unspecified atom stereocenters. The van der Waals surface area contributed by atoms with Gasteiger partial charge in [-0.15, -0.1) is 0 Å². The fraction of sp³-hybridized carbons (Fsp3) is 0.467. The van der Waals surface area contributed by atoms with Crippen LogP contribution in [-0.4, -0.2) is 61.3 Å². The second kappa shape index (κ2) is 7.05. The number of nitrogens with zero attached hydrogens (tertiary/aromatic N) is 3. The van der Waals surface area contributed by atoms with Gasteiger partial charge in [0, 0.05) is 26.2 Å². The molecule has 0 saturated carbocycles. The number of hydrogen-bond donors (Lipinski definition) is 0. The van der Waals surface area contributed by atoms with Crippen LogP contribution < -0.4 is 0 Å². The Balaban J connectivity index is 1.79. The van der Waals surface area contributed by atoms with Crippen LogP contribution in [0.15, 0.2) is 35.5 Å². The van der Waals surface area contributed by atoms with Gasteiger partial charge >= 0.3 is 0 Å². The van der Waals surface area contributed by atoms with E-state index in [1.807, 2.05) is 42.2 Å². The van der Waals surface area contributed by atoms with E-state index in [0.717, 1.165) is 37.5 Å². The van der Waals surface area contributed by atoms with E-state index >= 15 is 0 Å². The van der Waals surface area contributed by atoms with Crippen LogP contribution in [0.2, 0.25) is 0 Å². The number of benzene rings is 1. The van der Waals surface area contributed by atoms with Crippen LogP contribution in [0.1, 0.15) is 12.5 Å². The minimum absolute atomic E-state index is 0.00251. The Bertz CT molecular complexity index is 465. The molecule has 1 saturated heterocycles. The van der Waals surface area contributed by atoms with Crippen LogP contribution in [0.5, 0.6) is 0 Å². The molecule has 2 rings (SSSR count). The molecular weight excluding hydrogens is 254 g/mol. The van der Waals surface area contributed by atoms with Gasteiger partial charge in [0.15, 0.2) is 6.61 Å². The van der Waals surface area contributed by atoms with Gasteiger partial charge in [-0.2, -0.15) is 0 Å². The van der Waals surface area contributed by atoms with Crippen molar-refractivity contribution in [2.24, 2.45) is 5.16 Å². The third-order valence-corrected chi connectivity index (χ3v) is 3.44. The number of rotatable bonds is 4. The van der Waals surface area contributed by atoms with E-state index in [1.54, 1.807) is 0 Å². The lowest BCUT2D eigenvalue weighted by Crippen LogP contribution is -2.48. The topological polar surface area (TPSA) is 45.1 Å². The molecule has 0 radical (unpaired) electrons. The van der Waals surface area contributed by atoms with Crippen molar-refractivity contribution in [2.45, 2.75) is 6.92 Å². The van der Waals surface area contributed by atoms with E-state index in [4.69, 9.17) is 4.84 Å². The summed E-state index contributed by atoms with van der Waals surface area (Å²) in [5.74, 6) is 0.00251. The lowest BCUT2D eigenvalue weighted by Gasteiger charge is -2.32. The summed E-state index contributed by atoms with van der Waals surface area (Å²) in [6.45, 7) is 5.24. The maximum atomic E-state index is 11.9. The van der Waals surface area contributed by atoms with E-state index < -0.39 is 0 Å². The number of amides is 1. The van der Waals surface area contributed by atoms with Crippen molar-refractivity contribution >= 4 is 11.6 Å². The van der Waals surface area contributed by atoms with Crippen LogP contribution in [0.4, 0.5) is 0 Å². The number of hydrogen-bond acceptors (Lipinski definition) is 4. The van der Waals surface area contributed by atoms with Gasteiger partial charge in [0.05, 0.1) is 5.71 Å². The first-order chi connectivity index (χ1) is 9.66. The number of likely N-dealkylation sites (N-methyl/N-ethyl adjacent to an activating group) is 1. The second-order valence-corrected chi connectivity index (χ2v) is 5.00. The Morgan fingerprint density at radius 2 is 1.85 bits per heavy atom. The average Bonchev–Trinajstić information content (AvgIpc) is 2.48. The third kappa shape index (κ3) is 4.06. The predicted molar refractivity (Wildman–Crippen MR) is 78.7 cm³/mol. The number of oxime groups is 1. The van der Waals surface area contributed by atoms with E-state index in [0.29, 0.717) is 0 Å². The van der Waals surface area contributed by atoms with Crippen LogP contribution in [0.3, 0.4) is 0 Å². The average molecular weight is 275 g/mol. The highest BCUT2D eigenvalue weighted by Crippen LogP contribution is 2.02. The zero-order chi connectivity index (χ0) is 14.4. The summed E-state index contributed by atoms with van der Waals surface area (Å²) in [6, 6.07) is 9.77. The molecule has 1 heterocycles. The molecule has 0 aromatic heterocycles. The van der Waals surface area contributed by atoms with Crippen molar-refractivity contribution in [3.8, 4) is 0 Å². The summed E-state index contributed by atoms with van der Waals surface area (Å²) in [5.41, 5.74) is 1.77. The fourth-order valence-electron chi connectivity index (χ4n) is 2.06. The second-order valence-electron chi connectivity index (χ2n) is 5.00. The van der Waals surface area contributed by atoms with Crippen molar-refractivity contribution in [1.29, 1.82) is 0 Å². The van der Waals surface area contributed by atoms with Gasteiger partial charge in [-0.1, -0.05) is 35.5 Å².